The Bertz CT molecular complexity index is 3520. The summed E-state index contributed by atoms with van der Waals surface area (Å²) in [6.07, 6.45) is 6.65. The molecule has 0 radical (unpaired) electrons. The van der Waals surface area contributed by atoms with Gasteiger partial charge in [0.05, 0.1) is 5.41 Å². The minimum Gasteiger partial charge on any atom is -0.208 e. The van der Waals surface area contributed by atoms with Crippen molar-refractivity contribution in [1.29, 1.82) is 0 Å². The monoisotopic (exact) mass is 883 g/mol. The predicted molar refractivity (Wildman–Crippen MR) is 286 cm³/mol. The molecule has 0 bridgehead atoms. The Morgan fingerprint density at radius 3 is 1.20 bits per heavy atom. The maximum atomic E-state index is 5.52. The third-order valence-electron chi connectivity index (χ3n) is 13.8. The maximum Gasteiger partial charge on any atom is 0.164 e. The standard InChI is InChI=1S/C66H49N3/c1-4-20-47(35-43(2)3)52-37-51(46-25-12-7-13-26-46)40-54(41-52)65-68-63(67-64(69-65)53-38-49(44-21-8-5-9-22-44)36-50(39-53)45-23-10-6-11-24-45)48-33-34-58-57-29-16-19-32-61(57)66(62(58)42-48)59-30-17-14-27-55(59)56-28-15-18-31-60(56)66/h4-43H,1-3H3/b20-4-,47-35+. The fourth-order valence-electron chi connectivity index (χ4n) is 10.9. The van der Waals surface area contributed by atoms with E-state index in [1.807, 2.05) is 0 Å². The molecule has 1 aromatic heterocycles. The molecule has 3 heteroatoms. The van der Waals surface area contributed by atoms with Crippen LogP contribution in [0.15, 0.2) is 237 Å². The van der Waals surface area contributed by atoms with Gasteiger partial charge in [-0.05, 0) is 144 Å². The Labute approximate surface area is 404 Å². The Kier molecular flexibility index (Phi) is 10.5. The second-order valence-electron chi connectivity index (χ2n) is 18.5. The van der Waals surface area contributed by atoms with Gasteiger partial charge in [0, 0.05) is 16.7 Å². The van der Waals surface area contributed by atoms with Crippen molar-refractivity contribution in [1.82, 2.24) is 15.0 Å². The van der Waals surface area contributed by atoms with Crippen molar-refractivity contribution in [3.05, 3.63) is 264 Å². The van der Waals surface area contributed by atoms with Crippen molar-refractivity contribution >= 4 is 5.57 Å². The smallest absolute Gasteiger partial charge is 0.164 e. The van der Waals surface area contributed by atoms with Crippen molar-refractivity contribution in [3.8, 4) is 89.8 Å². The number of nitrogens with zero attached hydrogens (tertiary/aromatic N) is 3. The summed E-state index contributed by atoms with van der Waals surface area (Å²) in [4.78, 5) is 16.5. The first-order chi connectivity index (χ1) is 34.0. The van der Waals surface area contributed by atoms with Gasteiger partial charge in [-0.2, -0.15) is 0 Å². The lowest BCUT2D eigenvalue weighted by molar-refractivity contribution is 0.794. The quantitative estimate of drug-likeness (QED) is 0.136. The van der Waals surface area contributed by atoms with Crippen molar-refractivity contribution in [2.75, 3.05) is 0 Å². The molecular weight excluding hydrogens is 835 g/mol. The zero-order valence-corrected chi connectivity index (χ0v) is 38.9. The van der Waals surface area contributed by atoms with Gasteiger partial charge in [0.25, 0.3) is 0 Å². The van der Waals surface area contributed by atoms with E-state index in [0.29, 0.717) is 23.4 Å². The van der Waals surface area contributed by atoms with E-state index in [1.54, 1.807) is 0 Å². The van der Waals surface area contributed by atoms with Crippen LogP contribution < -0.4 is 0 Å². The van der Waals surface area contributed by atoms with Gasteiger partial charge in [0.2, 0.25) is 0 Å². The molecule has 0 saturated heterocycles. The summed E-state index contributed by atoms with van der Waals surface area (Å²) in [5.41, 5.74) is 21.4. The van der Waals surface area contributed by atoms with Gasteiger partial charge < -0.3 is 0 Å². The van der Waals surface area contributed by atoms with Crippen LogP contribution in [0.4, 0.5) is 0 Å². The van der Waals surface area contributed by atoms with Crippen LogP contribution >= 0.6 is 0 Å². The van der Waals surface area contributed by atoms with E-state index in [0.717, 1.165) is 61.2 Å². The second-order valence-corrected chi connectivity index (χ2v) is 18.5. The number of benzene rings is 9. The molecule has 0 atom stereocenters. The van der Waals surface area contributed by atoms with Gasteiger partial charge in [-0.1, -0.05) is 208 Å². The Morgan fingerprint density at radius 2 is 0.739 bits per heavy atom. The first kappa shape index (κ1) is 41.9. The molecule has 0 N–H and O–H groups in total. The van der Waals surface area contributed by atoms with E-state index < -0.39 is 5.41 Å². The molecule has 12 rings (SSSR count). The zero-order valence-electron chi connectivity index (χ0n) is 38.9. The van der Waals surface area contributed by atoms with Gasteiger partial charge in [-0.3, -0.25) is 0 Å². The van der Waals surface area contributed by atoms with Gasteiger partial charge in [-0.25, -0.2) is 15.0 Å². The molecule has 328 valence electrons. The van der Waals surface area contributed by atoms with Crippen LogP contribution in [0.5, 0.6) is 0 Å². The van der Waals surface area contributed by atoms with E-state index in [9.17, 15) is 0 Å². The molecule has 3 nitrogen and oxygen atoms in total. The molecule has 69 heavy (non-hydrogen) atoms. The zero-order chi connectivity index (χ0) is 46.5. The number of allylic oxidation sites excluding steroid dienone is 4. The third kappa shape index (κ3) is 7.26. The largest absolute Gasteiger partial charge is 0.208 e. The van der Waals surface area contributed by atoms with Crippen LogP contribution in [-0.4, -0.2) is 15.0 Å². The van der Waals surface area contributed by atoms with Crippen LogP contribution in [0.3, 0.4) is 0 Å². The van der Waals surface area contributed by atoms with E-state index in [2.05, 4.69) is 257 Å². The maximum absolute atomic E-state index is 5.52. The number of hydrogen-bond donors (Lipinski definition) is 0. The van der Waals surface area contributed by atoms with E-state index in [1.165, 1.54) is 44.5 Å². The molecular formula is C66H49N3. The molecule has 9 aromatic carbocycles. The molecule has 0 unspecified atom stereocenters. The van der Waals surface area contributed by atoms with E-state index in [4.69, 9.17) is 15.0 Å². The van der Waals surface area contributed by atoms with E-state index in [-0.39, 0.29) is 0 Å². The fourth-order valence-corrected chi connectivity index (χ4v) is 10.9. The van der Waals surface area contributed by atoms with Gasteiger partial charge >= 0.3 is 0 Å². The highest BCUT2D eigenvalue weighted by atomic mass is 15.0. The lowest BCUT2D eigenvalue weighted by Gasteiger charge is -2.30. The fraction of sp³-hybridized carbons (Fsp3) is 0.0758. The topological polar surface area (TPSA) is 38.7 Å². The van der Waals surface area contributed by atoms with Gasteiger partial charge in [0.15, 0.2) is 17.5 Å². The normalized spacial score (nSPS) is 13.1. The van der Waals surface area contributed by atoms with Crippen molar-refractivity contribution < 1.29 is 0 Å². The average Bonchev–Trinajstić information content (AvgIpc) is 3.88. The van der Waals surface area contributed by atoms with Crippen LogP contribution in [0.25, 0.3) is 95.4 Å². The molecule has 10 aromatic rings. The molecule has 1 heterocycles. The lowest BCUT2D eigenvalue weighted by atomic mass is 9.70. The minimum absolute atomic E-state index is 0.346. The van der Waals surface area contributed by atoms with Crippen LogP contribution in [0, 0.1) is 5.92 Å². The summed E-state index contributed by atoms with van der Waals surface area (Å²) in [5, 5.41) is 0. The third-order valence-corrected chi connectivity index (χ3v) is 13.8. The number of aromatic nitrogens is 3. The Balaban J connectivity index is 1.13. The first-order valence-corrected chi connectivity index (χ1v) is 24.0. The Morgan fingerprint density at radius 1 is 0.362 bits per heavy atom. The van der Waals surface area contributed by atoms with Crippen LogP contribution in [-0.2, 0) is 5.41 Å². The van der Waals surface area contributed by atoms with Crippen LogP contribution in [0.2, 0.25) is 0 Å². The van der Waals surface area contributed by atoms with Crippen molar-refractivity contribution in [2.45, 2.75) is 26.2 Å². The van der Waals surface area contributed by atoms with Crippen LogP contribution in [0.1, 0.15) is 48.6 Å². The molecule has 0 aliphatic heterocycles. The molecule has 0 amide bonds. The van der Waals surface area contributed by atoms with Gasteiger partial charge in [0.1, 0.15) is 0 Å². The molecule has 0 saturated carbocycles. The summed E-state index contributed by atoms with van der Waals surface area (Å²) >= 11 is 0. The van der Waals surface area contributed by atoms with Crippen molar-refractivity contribution in [3.63, 3.8) is 0 Å². The molecule has 0 fully saturated rings. The highest BCUT2D eigenvalue weighted by Gasteiger charge is 2.51. The number of fused-ring (bicyclic) bond motifs is 10. The SMILES string of the molecule is C/C=C\C(=C/C(C)C)c1cc(-c2ccccc2)cc(-c2nc(-c3cc(-c4ccccc4)cc(-c4ccccc4)c3)nc(-c3ccc4c(c3)C3(c5ccccc5-c5ccccc53)c3ccccc3-4)n2)c1. The second kappa shape index (κ2) is 17.3. The lowest BCUT2D eigenvalue weighted by Crippen LogP contribution is -2.25. The summed E-state index contributed by atoms with van der Waals surface area (Å²) < 4.78 is 0. The highest BCUT2D eigenvalue weighted by molar-refractivity contribution is 5.96. The highest BCUT2D eigenvalue weighted by Crippen LogP contribution is 2.63. The minimum atomic E-state index is -0.507. The Hall–Kier alpha value is -8.53. The first-order valence-electron chi connectivity index (χ1n) is 24.0. The predicted octanol–water partition coefficient (Wildman–Crippen LogP) is 16.8. The molecule has 2 aliphatic rings. The summed E-state index contributed by atoms with van der Waals surface area (Å²) in [6, 6.07) is 79.0. The average molecular weight is 884 g/mol. The van der Waals surface area contributed by atoms with Crippen molar-refractivity contribution in [2.24, 2.45) is 5.92 Å². The summed E-state index contributed by atoms with van der Waals surface area (Å²) in [6.45, 7) is 6.53. The van der Waals surface area contributed by atoms with E-state index >= 15 is 0 Å². The summed E-state index contributed by atoms with van der Waals surface area (Å²) in [5.74, 6) is 2.19. The number of rotatable bonds is 9. The molecule has 1 spiro atoms. The molecule has 2 aliphatic carbocycles. The van der Waals surface area contributed by atoms with Gasteiger partial charge in [-0.15, -0.1) is 0 Å². The summed E-state index contributed by atoms with van der Waals surface area (Å²) in [7, 11) is 0. The number of hydrogen-bond acceptors (Lipinski definition) is 3.